The maximum Gasteiger partial charge on any atom is 0.326 e. The van der Waals surface area contributed by atoms with Gasteiger partial charge in [-0.05, 0) is 55.8 Å². The molecule has 13 nitrogen and oxygen atoms in total. The van der Waals surface area contributed by atoms with Crippen LogP contribution in [0.5, 0.6) is 5.75 Å². The molecule has 0 radical (unpaired) electrons. The molecule has 38 heavy (non-hydrogen) atoms. The monoisotopic (exact) mass is 533 g/mol. The zero-order valence-corrected chi connectivity index (χ0v) is 21.8. The zero-order chi connectivity index (χ0) is 28.2. The lowest BCUT2D eigenvalue weighted by atomic mass is 10.0. The average Bonchev–Trinajstić information content (AvgIpc) is 3.39. The Morgan fingerprint density at radius 2 is 1.71 bits per heavy atom. The minimum Gasteiger partial charge on any atom is -0.508 e. The second-order valence-electron chi connectivity index (χ2n) is 9.66. The molecule has 4 atom stereocenters. The summed E-state index contributed by atoms with van der Waals surface area (Å²) in [7, 11) is 0. The van der Waals surface area contributed by atoms with Crippen molar-refractivity contribution in [2.24, 2.45) is 22.4 Å². The van der Waals surface area contributed by atoms with Crippen molar-refractivity contribution >= 4 is 29.7 Å². The van der Waals surface area contributed by atoms with Gasteiger partial charge in [-0.3, -0.25) is 19.4 Å². The van der Waals surface area contributed by atoms with Crippen LogP contribution in [0.4, 0.5) is 0 Å². The molecule has 1 aromatic rings. The Kier molecular flexibility index (Phi) is 11.8. The fraction of sp³-hybridized carbons (Fsp3) is 0.560. The standard InChI is InChI=1S/C25H39N7O6/c1-14(2)20(32-21(34)17-5-3-11-28-17)23(36)30-18(6-4-12-29-25(26)27)22(35)31-19(24(37)38)13-15-7-9-16(33)10-8-15/h7-10,14,17-20,28,33H,3-6,11-13H2,1-2H3,(H,30,36)(H,31,35)(H,32,34)(H,37,38)(H4,26,27,29). The summed E-state index contributed by atoms with van der Waals surface area (Å²) in [4.78, 5) is 54.8. The highest BCUT2D eigenvalue weighted by Crippen LogP contribution is 2.13. The number of carbonyl (C=O) groups excluding carboxylic acids is 3. The fourth-order valence-corrected chi connectivity index (χ4v) is 4.07. The van der Waals surface area contributed by atoms with Gasteiger partial charge in [0.05, 0.1) is 6.04 Å². The van der Waals surface area contributed by atoms with Crippen molar-refractivity contribution in [3.05, 3.63) is 29.8 Å². The number of guanidine groups is 1. The van der Waals surface area contributed by atoms with Crippen LogP contribution in [-0.4, -0.2) is 77.1 Å². The summed E-state index contributed by atoms with van der Waals surface area (Å²) in [5.41, 5.74) is 11.3. The maximum absolute atomic E-state index is 13.2. The smallest absolute Gasteiger partial charge is 0.326 e. The number of phenolic OH excluding ortho intramolecular Hbond substituents is 1. The molecule has 210 valence electrons. The predicted octanol–water partition coefficient (Wildman–Crippen LogP) is -1.06. The van der Waals surface area contributed by atoms with Gasteiger partial charge in [-0.2, -0.15) is 0 Å². The lowest BCUT2D eigenvalue weighted by molar-refractivity contribution is -0.142. The number of nitrogens with one attached hydrogen (secondary N) is 4. The second-order valence-corrected chi connectivity index (χ2v) is 9.66. The van der Waals surface area contributed by atoms with E-state index in [0.29, 0.717) is 18.4 Å². The number of amides is 3. The van der Waals surface area contributed by atoms with E-state index in [4.69, 9.17) is 11.5 Å². The fourth-order valence-electron chi connectivity index (χ4n) is 4.07. The third-order valence-electron chi connectivity index (χ3n) is 6.19. The number of carboxylic acids is 1. The molecule has 10 N–H and O–H groups in total. The van der Waals surface area contributed by atoms with E-state index < -0.39 is 35.9 Å². The lowest BCUT2D eigenvalue weighted by Crippen LogP contribution is -2.58. The number of nitrogens with zero attached hydrogens (tertiary/aromatic N) is 1. The number of aliphatic imine (C=N–C) groups is 1. The van der Waals surface area contributed by atoms with Crippen LogP contribution < -0.4 is 32.7 Å². The van der Waals surface area contributed by atoms with Crippen LogP contribution in [0.3, 0.4) is 0 Å². The molecule has 0 saturated carbocycles. The average molecular weight is 534 g/mol. The van der Waals surface area contributed by atoms with Gasteiger partial charge >= 0.3 is 5.97 Å². The molecular formula is C25H39N7O6. The van der Waals surface area contributed by atoms with Gasteiger partial charge in [0.25, 0.3) is 0 Å². The molecule has 1 saturated heterocycles. The van der Waals surface area contributed by atoms with Crippen molar-refractivity contribution in [3.8, 4) is 5.75 Å². The van der Waals surface area contributed by atoms with E-state index in [2.05, 4.69) is 26.3 Å². The summed E-state index contributed by atoms with van der Waals surface area (Å²) in [6.45, 7) is 4.48. The Labute approximate surface area is 221 Å². The van der Waals surface area contributed by atoms with Crippen molar-refractivity contribution in [2.45, 2.75) is 70.1 Å². The predicted molar refractivity (Wildman–Crippen MR) is 141 cm³/mol. The highest BCUT2D eigenvalue weighted by atomic mass is 16.4. The molecule has 0 aliphatic carbocycles. The molecular weight excluding hydrogens is 494 g/mol. The first-order chi connectivity index (χ1) is 18.0. The van der Waals surface area contributed by atoms with Crippen molar-refractivity contribution in [3.63, 3.8) is 0 Å². The summed E-state index contributed by atoms with van der Waals surface area (Å²) in [5, 5.41) is 30.2. The van der Waals surface area contributed by atoms with E-state index in [1.165, 1.54) is 12.1 Å². The van der Waals surface area contributed by atoms with Crippen LogP contribution in [0.15, 0.2) is 29.3 Å². The van der Waals surface area contributed by atoms with E-state index in [1.54, 1.807) is 26.0 Å². The Hall–Kier alpha value is -3.87. The largest absolute Gasteiger partial charge is 0.508 e. The highest BCUT2D eigenvalue weighted by molar-refractivity contribution is 5.94. The van der Waals surface area contributed by atoms with Crippen LogP contribution in [0, 0.1) is 5.92 Å². The number of carboxylic acid groups (broad SMARTS) is 1. The first kappa shape index (κ1) is 30.4. The quantitative estimate of drug-likeness (QED) is 0.0827. The molecule has 13 heteroatoms. The molecule has 0 spiro atoms. The van der Waals surface area contributed by atoms with Crippen LogP contribution >= 0.6 is 0 Å². The van der Waals surface area contributed by atoms with E-state index in [-0.39, 0.29) is 49.0 Å². The minimum atomic E-state index is -1.28. The number of phenols is 1. The summed E-state index contributed by atoms with van der Waals surface area (Å²) in [5.74, 6) is -3.15. The van der Waals surface area contributed by atoms with Gasteiger partial charge in [0.1, 0.15) is 23.9 Å². The van der Waals surface area contributed by atoms with Gasteiger partial charge in [-0.15, -0.1) is 0 Å². The number of hydrogen-bond donors (Lipinski definition) is 8. The minimum absolute atomic E-state index is 0.0312. The zero-order valence-electron chi connectivity index (χ0n) is 21.8. The number of carbonyl (C=O) groups is 4. The first-order valence-corrected chi connectivity index (χ1v) is 12.7. The van der Waals surface area contributed by atoms with Crippen LogP contribution in [0.1, 0.15) is 45.1 Å². The van der Waals surface area contributed by atoms with Gasteiger partial charge < -0.3 is 42.9 Å². The highest BCUT2D eigenvalue weighted by Gasteiger charge is 2.32. The Balaban J connectivity index is 2.14. The van der Waals surface area contributed by atoms with E-state index in [1.807, 2.05) is 0 Å². The summed E-state index contributed by atoms with van der Waals surface area (Å²) >= 11 is 0. The van der Waals surface area contributed by atoms with E-state index in [0.717, 1.165) is 13.0 Å². The Bertz CT molecular complexity index is 988. The molecule has 0 aromatic heterocycles. The topological polar surface area (TPSA) is 221 Å². The summed E-state index contributed by atoms with van der Waals surface area (Å²) in [6.07, 6.45) is 1.96. The first-order valence-electron chi connectivity index (χ1n) is 12.7. The molecule has 0 bridgehead atoms. The molecule has 1 aliphatic heterocycles. The molecule has 1 heterocycles. The molecule has 4 unspecified atom stereocenters. The van der Waals surface area contributed by atoms with Crippen molar-refractivity contribution in [1.82, 2.24) is 21.3 Å². The molecule has 1 aliphatic rings. The number of hydrogen-bond acceptors (Lipinski definition) is 7. The van der Waals surface area contributed by atoms with Crippen LogP contribution in [0.25, 0.3) is 0 Å². The third kappa shape index (κ3) is 9.88. The van der Waals surface area contributed by atoms with Gasteiger partial charge in [0.15, 0.2) is 5.96 Å². The second kappa shape index (κ2) is 14.8. The SMILES string of the molecule is CC(C)C(NC(=O)C1CCCN1)C(=O)NC(CCCN=C(N)N)C(=O)NC(Cc1ccc(O)cc1)C(=O)O. The van der Waals surface area contributed by atoms with Crippen molar-refractivity contribution < 1.29 is 29.4 Å². The molecule has 1 fully saturated rings. The summed E-state index contributed by atoms with van der Waals surface area (Å²) < 4.78 is 0. The van der Waals surface area contributed by atoms with Crippen molar-refractivity contribution in [2.75, 3.05) is 13.1 Å². The van der Waals surface area contributed by atoms with E-state index >= 15 is 0 Å². The lowest BCUT2D eigenvalue weighted by Gasteiger charge is -2.27. The number of aromatic hydroxyl groups is 1. The third-order valence-corrected chi connectivity index (χ3v) is 6.19. The number of benzene rings is 1. The van der Waals surface area contributed by atoms with Gasteiger partial charge in [-0.1, -0.05) is 26.0 Å². The number of nitrogens with two attached hydrogens (primary N) is 2. The van der Waals surface area contributed by atoms with Crippen LogP contribution in [0.2, 0.25) is 0 Å². The van der Waals surface area contributed by atoms with Crippen LogP contribution in [-0.2, 0) is 25.6 Å². The van der Waals surface area contributed by atoms with Crippen molar-refractivity contribution in [1.29, 1.82) is 0 Å². The number of rotatable bonds is 14. The summed E-state index contributed by atoms with van der Waals surface area (Å²) in [6, 6.07) is 2.31. The number of aliphatic carboxylic acids is 1. The Morgan fingerprint density at radius 1 is 1.05 bits per heavy atom. The Morgan fingerprint density at radius 3 is 2.26 bits per heavy atom. The maximum atomic E-state index is 13.2. The molecule has 1 aromatic carbocycles. The van der Waals surface area contributed by atoms with Gasteiger partial charge in [-0.25, -0.2) is 4.79 Å². The molecule has 2 rings (SSSR count). The normalized spacial score (nSPS) is 17.2. The van der Waals surface area contributed by atoms with Gasteiger partial charge in [0.2, 0.25) is 17.7 Å². The van der Waals surface area contributed by atoms with E-state index in [9.17, 15) is 29.4 Å². The molecule has 3 amide bonds. The van der Waals surface area contributed by atoms with Gasteiger partial charge in [0, 0.05) is 13.0 Å².